The van der Waals surface area contributed by atoms with Crippen molar-refractivity contribution in [1.29, 1.82) is 0 Å². The van der Waals surface area contributed by atoms with Gasteiger partial charge in [-0.15, -0.1) is 0 Å². The number of aliphatic hydroxyl groups is 1. The minimum Gasteiger partial charge on any atom is -0.480 e. The molecule has 0 fully saturated rings. The van der Waals surface area contributed by atoms with Crippen LogP contribution in [0.3, 0.4) is 0 Å². The van der Waals surface area contributed by atoms with Crippen LogP contribution in [0.2, 0.25) is 5.02 Å². The van der Waals surface area contributed by atoms with Crippen molar-refractivity contribution >= 4 is 17.5 Å². The largest absolute Gasteiger partial charge is 0.480 e. The van der Waals surface area contributed by atoms with Crippen molar-refractivity contribution in [2.75, 3.05) is 6.54 Å². The maximum absolute atomic E-state index is 12.1. The Labute approximate surface area is 113 Å². The first-order valence-corrected chi connectivity index (χ1v) is 6.04. The number of carbonyl (C=O) groups is 1. The zero-order chi connectivity index (χ0) is 14.0. The SMILES string of the molecule is O=C(NCC(O)C(F)F)C1Cc2cc(Cl)ccc2O1. The summed E-state index contributed by atoms with van der Waals surface area (Å²) in [6.45, 7) is -0.506. The van der Waals surface area contributed by atoms with Crippen LogP contribution >= 0.6 is 11.6 Å². The summed E-state index contributed by atoms with van der Waals surface area (Å²) >= 11 is 5.82. The van der Waals surface area contributed by atoms with E-state index in [4.69, 9.17) is 21.4 Å². The molecule has 7 heteroatoms. The molecule has 0 aromatic heterocycles. The summed E-state index contributed by atoms with van der Waals surface area (Å²) in [5.41, 5.74) is 0.794. The standard InChI is InChI=1S/C12H12ClF2NO3/c13-7-1-2-9-6(3-7)4-10(19-9)12(18)16-5-8(17)11(14)15/h1-3,8,10-11,17H,4-5H2,(H,16,18). The van der Waals surface area contributed by atoms with Crippen LogP contribution in [0.4, 0.5) is 8.78 Å². The van der Waals surface area contributed by atoms with Gasteiger partial charge >= 0.3 is 0 Å². The number of alkyl halides is 2. The average molecular weight is 292 g/mol. The summed E-state index contributed by atoms with van der Waals surface area (Å²) in [6.07, 6.45) is -5.21. The molecule has 1 amide bonds. The molecular formula is C12H12ClF2NO3. The summed E-state index contributed by atoms with van der Waals surface area (Å²) in [4.78, 5) is 11.7. The molecule has 0 saturated heterocycles. The third-order valence-electron chi connectivity index (χ3n) is 2.77. The van der Waals surface area contributed by atoms with Gasteiger partial charge in [0.1, 0.15) is 11.9 Å². The quantitative estimate of drug-likeness (QED) is 0.881. The highest BCUT2D eigenvalue weighted by Gasteiger charge is 2.30. The first-order chi connectivity index (χ1) is 8.97. The normalized spacial score (nSPS) is 18.9. The second kappa shape index (κ2) is 5.71. The van der Waals surface area contributed by atoms with Crippen molar-refractivity contribution in [2.45, 2.75) is 25.1 Å². The molecule has 4 nitrogen and oxygen atoms in total. The molecule has 0 spiro atoms. The lowest BCUT2D eigenvalue weighted by molar-refractivity contribution is -0.128. The number of nitrogens with one attached hydrogen (secondary N) is 1. The smallest absolute Gasteiger partial charge is 0.265 e. The van der Waals surface area contributed by atoms with Gasteiger partial charge in [-0.3, -0.25) is 4.79 Å². The Morgan fingerprint density at radius 1 is 1.58 bits per heavy atom. The second-order valence-corrected chi connectivity index (χ2v) is 4.65. The Bertz CT molecular complexity index is 484. The second-order valence-electron chi connectivity index (χ2n) is 4.21. The Balaban J connectivity index is 1.90. The van der Waals surface area contributed by atoms with E-state index in [9.17, 15) is 13.6 Å². The van der Waals surface area contributed by atoms with Gasteiger partial charge in [0.25, 0.3) is 12.3 Å². The molecule has 2 N–H and O–H groups in total. The van der Waals surface area contributed by atoms with Gasteiger partial charge in [0.05, 0.1) is 0 Å². The summed E-state index contributed by atoms with van der Waals surface area (Å²) < 4.78 is 29.5. The van der Waals surface area contributed by atoms with Crippen LogP contribution in [0.15, 0.2) is 18.2 Å². The van der Waals surface area contributed by atoms with Crippen molar-refractivity contribution in [3.8, 4) is 5.75 Å². The molecule has 1 aromatic rings. The Morgan fingerprint density at radius 3 is 3.00 bits per heavy atom. The number of fused-ring (bicyclic) bond motifs is 1. The van der Waals surface area contributed by atoms with Gasteiger partial charge in [-0.2, -0.15) is 0 Å². The maximum Gasteiger partial charge on any atom is 0.265 e. The van der Waals surface area contributed by atoms with Crippen molar-refractivity contribution < 1.29 is 23.4 Å². The lowest BCUT2D eigenvalue weighted by atomic mass is 10.1. The minimum atomic E-state index is -2.89. The molecular weight excluding hydrogens is 280 g/mol. The molecule has 1 aliphatic rings. The molecule has 0 bridgehead atoms. The Kier molecular flexibility index (Phi) is 4.21. The average Bonchev–Trinajstić information content (AvgIpc) is 2.78. The minimum absolute atomic E-state index is 0.326. The zero-order valence-corrected chi connectivity index (χ0v) is 10.5. The van der Waals surface area contributed by atoms with E-state index in [0.717, 1.165) is 5.56 Å². The number of hydrogen-bond acceptors (Lipinski definition) is 3. The van der Waals surface area contributed by atoms with Crippen molar-refractivity contribution in [3.05, 3.63) is 28.8 Å². The molecule has 2 unspecified atom stereocenters. The van der Waals surface area contributed by atoms with E-state index in [1.165, 1.54) is 0 Å². The van der Waals surface area contributed by atoms with Crippen molar-refractivity contribution in [3.63, 3.8) is 0 Å². The van der Waals surface area contributed by atoms with Gasteiger partial charge in [0.15, 0.2) is 6.10 Å². The van der Waals surface area contributed by atoms with E-state index < -0.39 is 31.1 Å². The number of amides is 1. The van der Waals surface area contributed by atoms with E-state index in [1.807, 2.05) is 0 Å². The zero-order valence-electron chi connectivity index (χ0n) is 9.78. The van der Waals surface area contributed by atoms with Crippen LogP contribution in [0.1, 0.15) is 5.56 Å². The number of aliphatic hydroxyl groups excluding tert-OH is 1. The van der Waals surface area contributed by atoms with E-state index in [1.54, 1.807) is 18.2 Å². The van der Waals surface area contributed by atoms with E-state index in [-0.39, 0.29) is 0 Å². The highest BCUT2D eigenvalue weighted by Crippen LogP contribution is 2.31. The van der Waals surface area contributed by atoms with Gasteiger partial charge in [0.2, 0.25) is 0 Å². The van der Waals surface area contributed by atoms with Crippen LogP contribution < -0.4 is 10.1 Å². The van der Waals surface area contributed by atoms with E-state index >= 15 is 0 Å². The van der Waals surface area contributed by atoms with Gasteiger partial charge in [-0.1, -0.05) is 11.6 Å². The number of ether oxygens (including phenoxy) is 1. The first kappa shape index (κ1) is 14.0. The molecule has 0 radical (unpaired) electrons. The number of halogens is 3. The van der Waals surface area contributed by atoms with Gasteiger partial charge in [-0.25, -0.2) is 8.78 Å². The molecule has 2 atom stereocenters. The van der Waals surface area contributed by atoms with Crippen LogP contribution in [0, 0.1) is 0 Å². The van der Waals surface area contributed by atoms with Crippen molar-refractivity contribution in [1.82, 2.24) is 5.32 Å². The summed E-state index contributed by atoms with van der Waals surface area (Å²) in [6, 6.07) is 4.98. The highest BCUT2D eigenvalue weighted by molar-refractivity contribution is 6.30. The maximum atomic E-state index is 12.1. The fraction of sp³-hybridized carbons (Fsp3) is 0.417. The van der Waals surface area contributed by atoms with E-state index in [0.29, 0.717) is 17.2 Å². The predicted octanol–water partition coefficient (Wildman–Crippen LogP) is 1.39. The first-order valence-electron chi connectivity index (χ1n) is 5.66. The van der Waals surface area contributed by atoms with Crippen LogP contribution in [0.25, 0.3) is 0 Å². The molecule has 1 heterocycles. The Morgan fingerprint density at radius 2 is 2.32 bits per heavy atom. The van der Waals surface area contributed by atoms with Crippen molar-refractivity contribution in [2.24, 2.45) is 0 Å². The molecule has 19 heavy (non-hydrogen) atoms. The predicted molar refractivity (Wildman–Crippen MR) is 64.6 cm³/mol. The third kappa shape index (κ3) is 3.33. The number of rotatable bonds is 4. The van der Waals surface area contributed by atoms with Crippen LogP contribution in [0.5, 0.6) is 5.75 Å². The Hall–Kier alpha value is -1.40. The summed E-state index contributed by atoms with van der Waals surface area (Å²) in [7, 11) is 0. The number of hydrogen-bond donors (Lipinski definition) is 2. The fourth-order valence-electron chi connectivity index (χ4n) is 1.77. The van der Waals surface area contributed by atoms with E-state index in [2.05, 4.69) is 5.32 Å². The molecule has 0 aliphatic carbocycles. The molecule has 1 aromatic carbocycles. The van der Waals surface area contributed by atoms with Crippen LogP contribution in [-0.2, 0) is 11.2 Å². The molecule has 0 saturated carbocycles. The molecule has 1 aliphatic heterocycles. The third-order valence-corrected chi connectivity index (χ3v) is 3.00. The lowest BCUT2D eigenvalue weighted by Gasteiger charge is -2.14. The summed E-state index contributed by atoms with van der Waals surface area (Å²) in [5.74, 6) is 0.0194. The fourth-order valence-corrected chi connectivity index (χ4v) is 1.97. The monoisotopic (exact) mass is 291 g/mol. The molecule has 2 rings (SSSR count). The highest BCUT2D eigenvalue weighted by atomic mass is 35.5. The van der Waals surface area contributed by atoms with Crippen LogP contribution in [-0.4, -0.2) is 36.2 Å². The molecule has 104 valence electrons. The number of carbonyl (C=O) groups excluding carboxylic acids is 1. The summed E-state index contributed by atoms with van der Waals surface area (Å²) in [5, 5.41) is 11.7. The van der Waals surface area contributed by atoms with Gasteiger partial charge in [0, 0.05) is 18.0 Å². The topological polar surface area (TPSA) is 58.6 Å². The number of benzene rings is 1. The lowest BCUT2D eigenvalue weighted by Crippen LogP contribution is -2.42. The van der Waals surface area contributed by atoms with Gasteiger partial charge < -0.3 is 15.2 Å². The van der Waals surface area contributed by atoms with Gasteiger partial charge in [-0.05, 0) is 23.8 Å².